The van der Waals surface area contributed by atoms with E-state index < -0.39 is 84.2 Å². The number of aliphatic carboxylic acids is 1. The molecule has 0 heterocycles. The fourth-order valence-electron chi connectivity index (χ4n) is 4.30. The number of benzene rings is 1. The molecule has 0 saturated heterocycles. The van der Waals surface area contributed by atoms with E-state index in [0.29, 0.717) is 12.0 Å². The molecule has 0 radical (unpaired) electrons. The summed E-state index contributed by atoms with van der Waals surface area (Å²) >= 11 is 0. The van der Waals surface area contributed by atoms with E-state index in [4.69, 9.17) is 5.73 Å². The summed E-state index contributed by atoms with van der Waals surface area (Å²) in [5.74, 6) is -5.58. The van der Waals surface area contributed by atoms with E-state index in [2.05, 4.69) is 26.6 Å². The van der Waals surface area contributed by atoms with Crippen molar-refractivity contribution in [2.75, 3.05) is 13.2 Å². The molecule has 44 heavy (non-hydrogen) atoms. The fourth-order valence-corrected chi connectivity index (χ4v) is 4.30. The fraction of sp³-hybridized carbons (Fsp3) is 0.600. The molecule has 0 aliphatic rings. The lowest BCUT2D eigenvalue weighted by atomic mass is 9.98. The van der Waals surface area contributed by atoms with Gasteiger partial charge in [-0.1, -0.05) is 71.9 Å². The first kappa shape index (κ1) is 38.0. The molecule has 0 aromatic heterocycles. The molecule has 9 N–H and O–H groups in total. The van der Waals surface area contributed by atoms with E-state index in [0.717, 1.165) is 0 Å². The summed E-state index contributed by atoms with van der Waals surface area (Å²) < 4.78 is 0. The van der Waals surface area contributed by atoms with Crippen LogP contribution in [0.2, 0.25) is 0 Å². The third-order valence-electron chi connectivity index (χ3n) is 6.75. The number of amides is 5. The summed E-state index contributed by atoms with van der Waals surface area (Å²) in [6.07, 6.45) is 0.348. The Bertz CT molecular complexity index is 1130. The van der Waals surface area contributed by atoms with Crippen LogP contribution in [0.1, 0.15) is 53.5 Å². The number of aliphatic hydroxyl groups excluding tert-OH is 1. The summed E-state index contributed by atoms with van der Waals surface area (Å²) in [7, 11) is 0. The van der Waals surface area contributed by atoms with Gasteiger partial charge < -0.3 is 42.5 Å². The zero-order valence-corrected chi connectivity index (χ0v) is 26.3. The van der Waals surface area contributed by atoms with E-state index in [1.165, 1.54) is 0 Å². The lowest BCUT2D eigenvalue weighted by Gasteiger charge is -2.29. The van der Waals surface area contributed by atoms with Gasteiger partial charge in [0.25, 0.3) is 0 Å². The maximum Gasteiger partial charge on any atom is 0.328 e. The molecule has 0 spiro atoms. The highest BCUT2D eigenvalue weighted by molar-refractivity contribution is 5.96. The minimum absolute atomic E-state index is 0.0422. The summed E-state index contributed by atoms with van der Waals surface area (Å²) in [6, 6.07) is 2.89. The van der Waals surface area contributed by atoms with Gasteiger partial charge in [0.1, 0.15) is 30.2 Å². The second kappa shape index (κ2) is 18.6. The highest BCUT2D eigenvalue weighted by atomic mass is 16.4. The number of carboxylic acid groups (broad SMARTS) is 1. The number of carboxylic acids is 1. The highest BCUT2D eigenvalue weighted by Crippen LogP contribution is 2.11. The minimum Gasteiger partial charge on any atom is -0.480 e. The van der Waals surface area contributed by atoms with Crippen molar-refractivity contribution in [3.63, 3.8) is 0 Å². The van der Waals surface area contributed by atoms with Gasteiger partial charge >= 0.3 is 5.97 Å². The molecule has 0 aliphatic carbocycles. The van der Waals surface area contributed by atoms with Gasteiger partial charge in [0.05, 0.1) is 13.2 Å². The van der Waals surface area contributed by atoms with E-state index in [9.17, 15) is 39.0 Å². The van der Waals surface area contributed by atoms with Crippen molar-refractivity contribution in [2.45, 2.75) is 84.6 Å². The number of carbonyl (C=O) groups is 6. The molecule has 1 aromatic rings. The molecule has 1 rings (SSSR count). The maximum absolute atomic E-state index is 13.6. The normalized spacial score (nSPS) is 14.6. The maximum atomic E-state index is 13.6. The summed E-state index contributed by atoms with van der Waals surface area (Å²) in [4.78, 5) is 76.5. The van der Waals surface area contributed by atoms with Gasteiger partial charge in [0.2, 0.25) is 29.5 Å². The third kappa shape index (κ3) is 12.7. The quantitative estimate of drug-likeness (QED) is 0.101. The Morgan fingerprint density at radius 3 is 1.57 bits per heavy atom. The van der Waals surface area contributed by atoms with Crippen LogP contribution in [0.5, 0.6) is 0 Å². The van der Waals surface area contributed by atoms with Crippen LogP contribution >= 0.6 is 0 Å². The van der Waals surface area contributed by atoms with Gasteiger partial charge in [0, 0.05) is 6.42 Å². The SMILES string of the molecule is CC(C)C[C@H](NC(=O)CN)C(=O)N[C@H](C(=O)N[C@@H](Cc1ccccc1)C(=O)N[C@H](C(=O)N[C@@H](CO)C(=O)O)C(C)C)C(C)C. The van der Waals surface area contributed by atoms with Crippen LogP contribution in [0.25, 0.3) is 0 Å². The third-order valence-corrected chi connectivity index (χ3v) is 6.75. The Morgan fingerprint density at radius 2 is 1.16 bits per heavy atom. The number of aliphatic hydroxyl groups is 1. The number of nitrogens with two attached hydrogens (primary N) is 1. The van der Waals surface area contributed by atoms with Crippen molar-refractivity contribution in [2.24, 2.45) is 23.5 Å². The van der Waals surface area contributed by atoms with Crippen molar-refractivity contribution < 1.29 is 39.0 Å². The lowest BCUT2D eigenvalue weighted by Crippen LogP contribution is -2.61. The monoisotopic (exact) mass is 620 g/mol. The largest absolute Gasteiger partial charge is 0.480 e. The molecule has 0 aliphatic heterocycles. The minimum atomic E-state index is -1.56. The molecule has 0 unspecified atom stereocenters. The lowest BCUT2D eigenvalue weighted by molar-refractivity contribution is -0.143. The average Bonchev–Trinajstić information content (AvgIpc) is 2.95. The van der Waals surface area contributed by atoms with Crippen LogP contribution in [0.3, 0.4) is 0 Å². The molecule has 5 atom stereocenters. The smallest absolute Gasteiger partial charge is 0.328 e. The number of hydrogen-bond acceptors (Lipinski definition) is 8. The predicted octanol–water partition coefficient (Wildman–Crippen LogP) is -0.953. The van der Waals surface area contributed by atoms with Crippen LogP contribution in [-0.2, 0) is 35.2 Å². The number of carbonyl (C=O) groups excluding carboxylic acids is 5. The topological polar surface area (TPSA) is 229 Å². The van der Waals surface area contributed by atoms with Gasteiger partial charge in [-0.3, -0.25) is 24.0 Å². The van der Waals surface area contributed by atoms with E-state index >= 15 is 0 Å². The van der Waals surface area contributed by atoms with Crippen LogP contribution in [0.4, 0.5) is 0 Å². The number of nitrogens with one attached hydrogen (secondary N) is 5. The summed E-state index contributed by atoms with van der Waals surface area (Å²) in [5, 5.41) is 31.3. The Balaban J connectivity index is 3.26. The van der Waals surface area contributed by atoms with Crippen molar-refractivity contribution >= 4 is 35.5 Å². The second-order valence-electron chi connectivity index (χ2n) is 11.7. The van der Waals surface area contributed by atoms with Gasteiger partial charge in [-0.2, -0.15) is 0 Å². The second-order valence-corrected chi connectivity index (χ2v) is 11.7. The highest BCUT2D eigenvalue weighted by Gasteiger charge is 2.34. The van der Waals surface area contributed by atoms with E-state index in [-0.39, 0.29) is 18.9 Å². The zero-order chi connectivity index (χ0) is 33.6. The van der Waals surface area contributed by atoms with Crippen molar-refractivity contribution in [3.05, 3.63) is 35.9 Å². The Hall–Kier alpha value is -4.04. The molecule has 0 bridgehead atoms. The van der Waals surface area contributed by atoms with Gasteiger partial charge in [-0.15, -0.1) is 0 Å². The summed E-state index contributed by atoms with van der Waals surface area (Å²) in [6.45, 7) is 9.32. The number of rotatable bonds is 18. The Kier molecular flexibility index (Phi) is 16.0. The first-order valence-corrected chi connectivity index (χ1v) is 14.7. The first-order valence-electron chi connectivity index (χ1n) is 14.7. The molecule has 1 aromatic carbocycles. The van der Waals surface area contributed by atoms with Gasteiger partial charge in [-0.25, -0.2) is 4.79 Å². The number of hydrogen-bond donors (Lipinski definition) is 8. The molecular weight excluding hydrogens is 572 g/mol. The molecule has 14 nitrogen and oxygen atoms in total. The zero-order valence-electron chi connectivity index (χ0n) is 26.3. The van der Waals surface area contributed by atoms with Gasteiger partial charge in [-0.05, 0) is 29.7 Å². The van der Waals surface area contributed by atoms with Crippen LogP contribution in [0, 0.1) is 17.8 Å². The molecule has 0 saturated carbocycles. The van der Waals surface area contributed by atoms with E-state index in [1.54, 1.807) is 58.0 Å². The molecule has 5 amide bonds. The van der Waals surface area contributed by atoms with E-state index in [1.807, 2.05) is 13.8 Å². The Labute approximate surface area is 258 Å². The standard InChI is InChI=1S/C30H48N6O8/c1-16(2)12-20(32-23(38)14-31)26(39)35-24(17(3)4)28(41)33-21(13-19-10-8-7-9-11-19)27(40)36-25(18(5)6)29(42)34-22(15-37)30(43)44/h7-11,16-18,20-22,24-25,37H,12-15,31H2,1-6H3,(H,32,38)(H,33,41)(H,34,42)(H,35,39)(H,36,40)(H,43,44)/t20-,21-,22-,24-,25-/m0/s1. The first-order chi connectivity index (χ1) is 20.6. The van der Waals surface area contributed by atoms with Crippen LogP contribution in [0.15, 0.2) is 30.3 Å². The molecule has 0 fully saturated rings. The van der Waals surface area contributed by atoms with Crippen molar-refractivity contribution in [3.8, 4) is 0 Å². The Morgan fingerprint density at radius 1 is 0.682 bits per heavy atom. The van der Waals surface area contributed by atoms with Crippen molar-refractivity contribution in [1.82, 2.24) is 26.6 Å². The average molecular weight is 621 g/mol. The molecule has 14 heteroatoms. The summed E-state index contributed by atoms with van der Waals surface area (Å²) in [5.41, 5.74) is 6.11. The molecular formula is C30H48N6O8. The van der Waals surface area contributed by atoms with Crippen LogP contribution in [-0.4, -0.2) is 89.1 Å². The van der Waals surface area contributed by atoms with Gasteiger partial charge in [0.15, 0.2) is 0 Å². The van der Waals surface area contributed by atoms with Crippen molar-refractivity contribution in [1.29, 1.82) is 0 Å². The molecule has 246 valence electrons. The van der Waals surface area contributed by atoms with Crippen LogP contribution < -0.4 is 32.3 Å². The predicted molar refractivity (Wildman–Crippen MR) is 163 cm³/mol.